The fourth-order valence-corrected chi connectivity index (χ4v) is 4.95. The Hall–Kier alpha value is -5.94. The Bertz CT molecular complexity index is 1830. The van der Waals surface area contributed by atoms with Crippen molar-refractivity contribution in [3.63, 3.8) is 0 Å². The molecule has 0 saturated heterocycles. The van der Waals surface area contributed by atoms with Gasteiger partial charge in [-0.25, -0.2) is 9.59 Å². The van der Waals surface area contributed by atoms with Crippen LogP contribution >= 0.6 is 0 Å². The van der Waals surface area contributed by atoms with E-state index in [4.69, 9.17) is 9.47 Å². The highest BCUT2D eigenvalue weighted by molar-refractivity contribution is 5.92. The fourth-order valence-electron chi connectivity index (χ4n) is 4.95. The van der Waals surface area contributed by atoms with Gasteiger partial charge in [0.25, 0.3) is 0 Å². The zero-order valence-electron chi connectivity index (χ0n) is 26.2. The van der Waals surface area contributed by atoms with Crippen LogP contribution < -0.4 is 14.4 Å². The van der Waals surface area contributed by atoms with Gasteiger partial charge in [-0.05, 0) is 121 Å². The van der Waals surface area contributed by atoms with Gasteiger partial charge >= 0.3 is 11.9 Å². The third-order valence-electron chi connectivity index (χ3n) is 7.60. The molecule has 0 heterocycles. The molecule has 5 heteroatoms. The lowest BCUT2D eigenvalue weighted by Gasteiger charge is -2.26. The maximum Gasteiger partial charge on any atom is 0.335 e. The lowest BCUT2D eigenvalue weighted by Crippen LogP contribution is -2.10. The Morgan fingerprint density at radius 2 is 1.02 bits per heavy atom. The average molecular weight is 606 g/mol. The van der Waals surface area contributed by atoms with Gasteiger partial charge in [-0.1, -0.05) is 73.3 Å². The molecule has 0 atom stereocenters. The molecule has 5 aromatic rings. The number of carbonyl (C=O) groups is 2. The van der Waals surface area contributed by atoms with E-state index < -0.39 is 11.9 Å². The third-order valence-corrected chi connectivity index (χ3v) is 7.60. The minimum absolute atomic E-state index is 0.423. The normalized spacial score (nSPS) is 10.4. The van der Waals surface area contributed by atoms with E-state index in [9.17, 15) is 9.59 Å². The summed E-state index contributed by atoms with van der Waals surface area (Å²) in [5, 5.41) is 0. The van der Waals surface area contributed by atoms with E-state index in [2.05, 4.69) is 112 Å². The maximum absolute atomic E-state index is 11.7. The Morgan fingerprint density at radius 3 is 1.48 bits per heavy atom. The molecule has 0 fully saturated rings. The number of hydrogen-bond donors (Lipinski definition) is 0. The maximum atomic E-state index is 11.7. The topological polar surface area (TPSA) is 55.8 Å². The van der Waals surface area contributed by atoms with Gasteiger partial charge in [-0.2, -0.15) is 0 Å². The number of nitrogens with zero attached hydrogens (tertiary/aromatic N) is 1. The summed E-state index contributed by atoms with van der Waals surface area (Å²) < 4.78 is 10.6. The van der Waals surface area contributed by atoms with Crippen molar-refractivity contribution in [3.8, 4) is 11.5 Å². The molecule has 0 saturated carbocycles. The smallest absolute Gasteiger partial charge is 0.335 e. The van der Waals surface area contributed by atoms with Crippen molar-refractivity contribution < 1.29 is 19.1 Å². The summed E-state index contributed by atoms with van der Waals surface area (Å²) in [4.78, 5) is 25.7. The molecule has 5 rings (SSSR count). The van der Waals surface area contributed by atoms with E-state index >= 15 is 0 Å². The number of benzene rings is 5. The van der Waals surface area contributed by atoms with Gasteiger partial charge in [-0.15, -0.1) is 0 Å². The Labute approximate surface area is 270 Å². The van der Waals surface area contributed by atoms with Crippen molar-refractivity contribution in [2.24, 2.45) is 0 Å². The zero-order valence-corrected chi connectivity index (χ0v) is 26.2. The van der Waals surface area contributed by atoms with Crippen LogP contribution in [0, 0.1) is 20.8 Å². The first-order valence-corrected chi connectivity index (χ1v) is 14.9. The van der Waals surface area contributed by atoms with E-state index in [1.54, 1.807) is 24.3 Å². The third kappa shape index (κ3) is 7.58. The van der Waals surface area contributed by atoms with Gasteiger partial charge in [0.1, 0.15) is 11.5 Å². The molecule has 0 unspecified atom stereocenters. The highest BCUT2D eigenvalue weighted by Crippen LogP contribution is 2.36. The molecule has 0 aliphatic heterocycles. The lowest BCUT2D eigenvalue weighted by atomic mass is 9.95. The second kappa shape index (κ2) is 14.2. The molecule has 0 aliphatic carbocycles. The summed E-state index contributed by atoms with van der Waals surface area (Å²) in [6.07, 6.45) is 4.36. The number of ether oxygens (including phenoxy) is 2. The Balaban J connectivity index is 1.54. The Morgan fingerprint density at radius 1 is 0.565 bits per heavy atom. The van der Waals surface area contributed by atoms with E-state index in [0.29, 0.717) is 11.5 Å². The number of anilines is 3. The molecule has 0 radical (unpaired) electrons. The predicted octanol–water partition coefficient (Wildman–Crippen LogP) is 9.85. The summed E-state index contributed by atoms with van der Waals surface area (Å²) in [6, 6.07) is 38.1. The molecule has 0 bridgehead atoms. The minimum atomic E-state index is -0.520. The van der Waals surface area contributed by atoms with Gasteiger partial charge in [0, 0.05) is 29.2 Å². The molecule has 0 amide bonds. The van der Waals surface area contributed by atoms with E-state index in [1.165, 1.54) is 16.7 Å². The van der Waals surface area contributed by atoms with Crippen molar-refractivity contribution in [2.75, 3.05) is 4.90 Å². The van der Waals surface area contributed by atoms with Crippen LogP contribution in [0.5, 0.6) is 11.5 Å². The van der Waals surface area contributed by atoms with E-state index in [-0.39, 0.29) is 0 Å². The summed E-state index contributed by atoms with van der Waals surface area (Å²) >= 11 is 0. The molecule has 5 nitrogen and oxygen atoms in total. The van der Waals surface area contributed by atoms with Gasteiger partial charge in [0.2, 0.25) is 0 Å². The summed E-state index contributed by atoms with van der Waals surface area (Å²) in [6.45, 7) is 13.3. The van der Waals surface area contributed by atoms with Crippen LogP contribution in [0.1, 0.15) is 33.4 Å². The largest absolute Gasteiger partial charge is 0.423 e. The number of carbonyl (C=O) groups excluding carboxylic acids is 2. The van der Waals surface area contributed by atoms with Crippen molar-refractivity contribution >= 4 is 40.6 Å². The van der Waals surface area contributed by atoms with Gasteiger partial charge in [-0.3, -0.25) is 0 Å². The van der Waals surface area contributed by atoms with Crippen LogP contribution in [0.3, 0.4) is 0 Å². The molecular formula is C41H35NO4. The van der Waals surface area contributed by atoms with Gasteiger partial charge in [0.05, 0.1) is 0 Å². The number of esters is 2. The molecule has 0 aromatic heterocycles. The van der Waals surface area contributed by atoms with Crippen LogP contribution in [0.4, 0.5) is 17.1 Å². The highest BCUT2D eigenvalue weighted by atomic mass is 16.5. The van der Waals surface area contributed by atoms with E-state index in [0.717, 1.165) is 51.5 Å². The number of rotatable bonds is 10. The predicted molar refractivity (Wildman–Crippen MR) is 187 cm³/mol. The van der Waals surface area contributed by atoms with Crippen molar-refractivity contribution in [1.82, 2.24) is 0 Å². The first kappa shape index (κ1) is 31.5. The van der Waals surface area contributed by atoms with E-state index in [1.807, 2.05) is 24.3 Å². The van der Waals surface area contributed by atoms with Crippen LogP contribution in [0.2, 0.25) is 0 Å². The van der Waals surface area contributed by atoms with Gasteiger partial charge < -0.3 is 14.4 Å². The zero-order chi connectivity index (χ0) is 32.6. The first-order chi connectivity index (χ1) is 22.2. The van der Waals surface area contributed by atoms with Crippen LogP contribution in [-0.4, -0.2) is 11.9 Å². The molecule has 46 heavy (non-hydrogen) atoms. The molecule has 228 valence electrons. The summed E-state index contributed by atoms with van der Waals surface area (Å²) in [5.74, 6) is -0.194. The molecule has 0 spiro atoms. The fraction of sp³-hybridized carbons (Fsp3) is 0.0732. The molecule has 0 N–H and O–H groups in total. The van der Waals surface area contributed by atoms with Crippen molar-refractivity contribution in [3.05, 3.63) is 174 Å². The average Bonchev–Trinajstić information content (AvgIpc) is 3.07. The molecule has 0 aliphatic rings. The second-order valence-corrected chi connectivity index (χ2v) is 10.9. The molecular weight excluding hydrogens is 570 g/mol. The SMILES string of the molecule is C=CC(=O)Oc1ccc(C(=Cc2ccc(N(c3ccc(C)cc3)c3ccc(C)c(C)c3)cc2)c2ccc(OC(=O)C=C)cc2)cc1. The first-order valence-electron chi connectivity index (χ1n) is 14.9. The second-order valence-electron chi connectivity index (χ2n) is 10.9. The van der Waals surface area contributed by atoms with Crippen LogP contribution in [0.15, 0.2) is 141 Å². The molecule has 5 aromatic carbocycles. The quantitative estimate of drug-likeness (QED) is 0.0686. The highest BCUT2D eigenvalue weighted by Gasteiger charge is 2.14. The number of hydrogen-bond acceptors (Lipinski definition) is 5. The van der Waals surface area contributed by atoms with Crippen LogP contribution in [0.25, 0.3) is 11.6 Å². The van der Waals surface area contributed by atoms with Crippen molar-refractivity contribution in [2.45, 2.75) is 20.8 Å². The van der Waals surface area contributed by atoms with Crippen LogP contribution in [-0.2, 0) is 9.59 Å². The van der Waals surface area contributed by atoms with Crippen molar-refractivity contribution in [1.29, 1.82) is 0 Å². The monoisotopic (exact) mass is 605 g/mol. The summed E-state index contributed by atoms with van der Waals surface area (Å²) in [7, 11) is 0. The summed E-state index contributed by atoms with van der Waals surface area (Å²) in [5.41, 5.74) is 10.6. The standard InChI is InChI=1S/C41H35NO4/c1-6-40(43)45-37-22-13-32(14-23-37)39(33-15-24-38(25-16-33)46-41(44)7-2)27-31-11-20-35(21-12-31)42(34-17-8-28(3)9-18-34)36-19-10-29(4)30(5)26-36/h6-27H,1-2H2,3-5H3. The Kier molecular flexibility index (Phi) is 9.74. The lowest BCUT2D eigenvalue weighted by molar-refractivity contribution is -0.129. The van der Waals surface area contributed by atoms with Gasteiger partial charge in [0.15, 0.2) is 0 Å². The number of aryl methyl sites for hydroxylation is 3. The minimum Gasteiger partial charge on any atom is -0.423 e.